The Morgan fingerprint density at radius 3 is 2.41 bits per heavy atom. The molecule has 17 heavy (non-hydrogen) atoms. The summed E-state index contributed by atoms with van der Waals surface area (Å²) in [5.74, 6) is -0.202. The standard InChI is InChI=1S/C12H14Cl2O3/c1-3-16-5-4-11(15)17-12-9(13)6-8(2)7-10(12)14/h6-7H,3-5H2,1-2H3. The van der Waals surface area contributed by atoms with Gasteiger partial charge in [0.25, 0.3) is 0 Å². The Morgan fingerprint density at radius 2 is 1.88 bits per heavy atom. The van der Waals surface area contributed by atoms with E-state index in [1.54, 1.807) is 12.1 Å². The first-order valence-corrected chi connectivity index (χ1v) is 6.04. The minimum Gasteiger partial charge on any atom is -0.423 e. The molecule has 0 radical (unpaired) electrons. The first-order chi connectivity index (χ1) is 8.04. The average Bonchev–Trinajstić information content (AvgIpc) is 2.24. The zero-order valence-electron chi connectivity index (χ0n) is 9.76. The lowest BCUT2D eigenvalue weighted by molar-refractivity contribution is -0.135. The maximum Gasteiger partial charge on any atom is 0.313 e. The normalized spacial score (nSPS) is 10.4. The minimum atomic E-state index is -0.411. The molecule has 94 valence electrons. The molecule has 0 N–H and O–H groups in total. The van der Waals surface area contributed by atoms with E-state index in [1.165, 1.54) is 0 Å². The van der Waals surface area contributed by atoms with E-state index in [2.05, 4.69) is 0 Å². The quantitative estimate of drug-likeness (QED) is 0.468. The van der Waals surface area contributed by atoms with Gasteiger partial charge in [-0.2, -0.15) is 0 Å². The van der Waals surface area contributed by atoms with Crippen molar-refractivity contribution in [2.75, 3.05) is 13.2 Å². The van der Waals surface area contributed by atoms with Crippen LogP contribution in [0.3, 0.4) is 0 Å². The van der Waals surface area contributed by atoms with Gasteiger partial charge in [-0.05, 0) is 31.5 Å². The molecule has 1 aromatic rings. The first-order valence-electron chi connectivity index (χ1n) is 5.28. The molecule has 0 aliphatic carbocycles. The van der Waals surface area contributed by atoms with Crippen LogP contribution in [-0.4, -0.2) is 19.2 Å². The summed E-state index contributed by atoms with van der Waals surface area (Å²) in [6.07, 6.45) is 0.175. The molecule has 0 saturated heterocycles. The van der Waals surface area contributed by atoms with Crippen LogP contribution in [0.2, 0.25) is 10.0 Å². The highest BCUT2D eigenvalue weighted by atomic mass is 35.5. The predicted molar refractivity (Wildman–Crippen MR) is 67.9 cm³/mol. The van der Waals surface area contributed by atoms with Crippen molar-refractivity contribution in [3.8, 4) is 5.75 Å². The predicted octanol–water partition coefficient (Wildman–Crippen LogP) is 3.63. The lowest BCUT2D eigenvalue weighted by Gasteiger charge is -2.09. The van der Waals surface area contributed by atoms with Gasteiger partial charge in [0.15, 0.2) is 5.75 Å². The summed E-state index contributed by atoms with van der Waals surface area (Å²) in [5, 5.41) is 0.666. The highest BCUT2D eigenvalue weighted by Gasteiger charge is 2.12. The summed E-state index contributed by atoms with van der Waals surface area (Å²) >= 11 is 11.9. The molecule has 0 aliphatic heterocycles. The fraction of sp³-hybridized carbons (Fsp3) is 0.417. The molecule has 0 atom stereocenters. The van der Waals surface area contributed by atoms with E-state index < -0.39 is 5.97 Å². The second-order valence-corrected chi connectivity index (χ2v) is 4.29. The van der Waals surface area contributed by atoms with Crippen molar-refractivity contribution in [3.63, 3.8) is 0 Å². The summed E-state index contributed by atoms with van der Waals surface area (Å²) in [5.41, 5.74) is 0.911. The van der Waals surface area contributed by atoms with E-state index in [4.69, 9.17) is 32.7 Å². The molecule has 0 bridgehead atoms. The minimum absolute atomic E-state index is 0.175. The van der Waals surface area contributed by atoms with Crippen molar-refractivity contribution >= 4 is 29.2 Å². The molecule has 5 heteroatoms. The lowest BCUT2D eigenvalue weighted by Crippen LogP contribution is -2.11. The Hall–Kier alpha value is -0.770. The summed E-state index contributed by atoms with van der Waals surface area (Å²) in [6, 6.07) is 3.39. The van der Waals surface area contributed by atoms with Gasteiger partial charge in [-0.3, -0.25) is 4.79 Å². The third-order valence-corrected chi connectivity index (χ3v) is 2.57. The molecule has 1 aromatic carbocycles. The van der Waals surface area contributed by atoms with Crippen molar-refractivity contribution in [1.82, 2.24) is 0 Å². The fourth-order valence-corrected chi connectivity index (χ4v) is 1.92. The van der Waals surface area contributed by atoms with Crippen LogP contribution in [0.1, 0.15) is 18.9 Å². The van der Waals surface area contributed by atoms with Gasteiger partial charge in [0.1, 0.15) is 0 Å². The smallest absolute Gasteiger partial charge is 0.313 e. The average molecular weight is 277 g/mol. The SMILES string of the molecule is CCOCCC(=O)Oc1c(Cl)cc(C)cc1Cl. The Morgan fingerprint density at radius 1 is 1.29 bits per heavy atom. The van der Waals surface area contributed by atoms with E-state index >= 15 is 0 Å². The number of hydrogen-bond acceptors (Lipinski definition) is 3. The highest BCUT2D eigenvalue weighted by Crippen LogP contribution is 2.34. The topological polar surface area (TPSA) is 35.5 Å². The summed E-state index contributed by atoms with van der Waals surface area (Å²) in [7, 11) is 0. The number of hydrogen-bond donors (Lipinski definition) is 0. The van der Waals surface area contributed by atoms with Gasteiger partial charge in [-0.25, -0.2) is 0 Å². The monoisotopic (exact) mass is 276 g/mol. The molecule has 3 nitrogen and oxygen atoms in total. The number of carbonyl (C=O) groups is 1. The maximum absolute atomic E-state index is 11.5. The number of rotatable bonds is 5. The van der Waals surface area contributed by atoms with Crippen LogP contribution in [0.5, 0.6) is 5.75 Å². The Bertz CT molecular complexity index is 382. The molecule has 0 amide bonds. The number of esters is 1. The Balaban J connectivity index is 2.65. The zero-order valence-corrected chi connectivity index (χ0v) is 11.3. The van der Waals surface area contributed by atoms with Crippen molar-refractivity contribution in [2.24, 2.45) is 0 Å². The van der Waals surface area contributed by atoms with Crippen LogP contribution >= 0.6 is 23.2 Å². The number of carbonyl (C=O) groups excluding carboxylic acids is 1. The fourth-order valence-electron chi connectivity index (χ4n) is 1.25. The van der Waals surface area contributed by atoms with Crippen LogP contribution in [0, 0.1) is 6.92 Å². The van der Waals surface area contributed by atoms with Gasteiger partial charge in [0.2, 0.25) is 0 Å². The van der Waals surface area contributed by atoms with Crippen molar-refractivity contribution in [1.29, 1.82) is 0 Å². The third-order valence-electron chi connectivity index (χ3n) is 2.01. The Labute approximate surface area is 111 Å². The van der Waals surface area contributed by atoms with Gasteiger partial charge in [0, 0.05) is 6.61 Å². The molecule has 0 aromatic heterocycles. The number of ether oxygens (including phenoxy) is 2. The molecular formula is C12H14Cl2O3. The summed E-state index contributed by atoms with van der Waals surface area (Å²) < 4.78 is 10.1. The number of aryl methyl sites for hydroxylation is 1. The van der Waals surface area contributed by atoms with Crippen LogP contribution in [0.15, 0.2) is 12.1 Å². The molecule has 0 aliphatic rings. The molecule has 0 saturated carbocycles. The van der Waals surface area contributed by atoms with Gasteiger partial charge in [0.05, 0.1) is 23.1 Å². The van der Waals surface area contributed by atoms with Gasteiger partial charge >= 0.3 is 5.97 Å². The Kier molecular flexibility index (Phi) is 5.75. The van der Waals surface area contributed by atoms with E-state index in [9.17, 15) is 4.79 Å². The molecule has 0 spiro atoms. The van der Waals surface area contributed by atoms with E-state index in [-0.39, 0.29) is 12.2 Å². The number of halogens is 2. The molecule has 0 heterocycles. The van der Waals surface area contributed by atoms with E-state index in [0.717, 1.165) is 5.56 Å². The summed E-state index contributed by atoms with van der Waals surface area (Å²) in [4.78, 5) is 11.5. The molecule has 0 fully saturated rings. The van der Waals surface area contributed by atoms with Crippen LogP contribution in [0.25, 0.3) is 0 Å². The van der Waals surface area contributed by atoms with Crippen LogP contribution in [0.4, 0.5) is 0 Å². The third kappa shape index (κ3) is 4.54. The zero-order chi connectivity index (χ0) is 12.8. The second kappa shape index (κ2) is 6.84. The maximum atomic E-state index is 11.5. The van der Waals surface area contributed by atoms with Gasteiger partial charge < -0.3 is 9.47 Å². The van der Waals surface area contributed by atoms with Crippen LogP contribution in [-0.2, 0) is 9.53 Å². The first kappa shape index (κ1) is 14.3. The van der Waals surface area contributed by atoms with E-state index in [1.807, 2.05) is 13.8 Å². The molecular weight excluding hydrogens is 263 g/mol. The van der Waals surface area contributed by atoms with Crippen molar-refractivity contribution < 1.29 is 14.3 Å². The highest BCUT2D eigenvalue weighted by molar-refractivity contribution is 6.37. The molecule has 1 rings (SSSR count). The second-order valence-electron chi connectivity index (χ2n) is 3.48. The van der Waals surface area contributed by atoms with Gasteiger partial charge in [-0.15, -0.1) is 0 Å². The lowest BCUT2D eigenvalue weighted by atomic mass is 10.2. The largest absolute Gasteiger partial charge is 0.423 e. The van der Waals surface area contributed by atoms with Crippen LogP contribution < -0.4 is 4.74 Å². The van der Waals surface area contributed by atoms with Crippen molar-refractivity contribution in [2.45, 2.75) is 20.3 Å². The molecule has 0 unspecified atom stereocenters. The van der Waals surface area contributed by atoms with Crippen molar-refractivity contribution in [3.05, 3.63) is 27.7 Å². The van der Waals surface area contributed by atoms with E-state index in [0.29, 0.717) is 23.3 Å². The summed E-state index contributed by atoms with van der Waals surface area (Å²) in [6.45, 7) is 4.62. The van der Waals surface area contributed by atoms with Gasteiger partial charge in [-0.1, -0.05) is 23.2 Å². The number of benzene rings is 1.